The molecule has 0 atom stereocenters. The number of imidazole rings is 1. The number of thiazole rings is 1. The molecule has 36 heavy (non-hydrogen) atoms. The fraction of sp³-hybridized carbons (Fsp3) is 0.480. The second kappa shape index (κ2) is 8.29. The number of carbonyl (C=O) groups excluding carboxylic acids is 1. The Kier molecular flexibility index (Phi) is 5.29. The summed E-state index contributed by atoms with van der Waals surface area (Å²) in [6.07, 6.45) is 5.76. The quantitative estimate of drug-likeness (QED) is 0.417. The third-order valence-corrected chi connectivity index (χ3v) is 7.50. The van der Waals surface area contributed by atoms with Crippen molar-refractivity contribution in [2.75, 3.05) is 31.1 Å². The summed E-state index contributed by atoms with van der Waals surface area (Å²) in [5.41, 5.74) is 3.58. The molecular formula is C25H29N7O3S. The van der Waals surface area contributed by atoms with Crippen LogP contribution in [0, 0.1) is 6.92 Å². The summed E-state index contributed by atoms with van der Waals surface area (Å²) in [7, 11) is 0. The van der Waals surface area contributed by atoms with E-state index in [2.05, 4.69) is 9.88 Å². The lowest BCUT2D eigenvalue weighted by Gasteiger charge is -2.35. The van der Waals surface area contributed by atoms with Crippen LogP contribution in [0.3, 0.4) is 0 Å². The van der Waals surface area contributed by atoms with Gasteiger partial charge in [0.15, 0.2) is 10.6 Å². The zero-order valence-corrected chi connectivity index (χ0v) is 21.7. The van der Waals surface area contributed by atoms with Gasteiger partial charge in [0.25, 0.3) is 5.56 Å². The van der Waals surface area contributed by atoms with E-state index in [0.29, 0.717) is 48.4 Å². The van der Waals surface area contributed by atoms with Crippen LogP contribution in [0.1, 0.15) is 50.8 Å². The molecule has 0 unspecified atom stereocenters. The van der Waals surface area contributed by atoms with Gasteiger partial charge in [0.05, 0.1) is 17.6 Å². The summed E-state index contributed by atoms with van der Waals surface area (Å²) >= 11 is 1.47. The Morgan fingerprint density at radius 3 is 2.50 bits per heavy atom. The van der Waals surface area contributed by atoms with E-state index in [1.54, 1.807) is 15.4 Å². The lowest BCUT2D eigenvalue weighted by Crippen LogP contribution is -2.50. The van der Waals surface area contributed by atoms with Crippen molar-refractivity contribution < 1.29 is 9.53 Å². The standard InChI is InChI=1S/C25H29N7O3S/c1-15-13-32-22(26-15)17(16-5-6-16)11-19(28-32)18-12-20(33)31-14-21(36-23(31)27-18)29-7-9-30(10-8-29)24(34)35-25(2,3)4/h11-14,16H,5-10H2,1-4H3. The van der Waals surface area contributed by atoms with Gasteiger partial charge in [0.1, 0.15) is 16.3 Å². The molecule has 5 heterocycles. The molecule has 1 aliphatic carbocycles. The van der Waals surface area contributed by atoms with E-state index in [4.69, 9.17) is 14.8 Å². The number of anilines is 1. The molecule has 1 saturated carbocycles. The number of hydrogen-bond acceptors (Lipinski definition) is 8. The molecule has 0 bridgehead atoms. The Balaban J connectivity index is 1.27. The molecule has 0 spiro atoms. The van der Waals surface area contributed by atoms with Crippen LogP contribution < -0.4 is 10.5 Å². The first-order chi connectivity index (χ1) is 17.1. The number of piperazine rings is 1. The van der Waals surface area contributed by atoms with Gasteiger partial charge >= 0.3 is 6.09 Å². The van der Waals surface area contributed by atoms with Crippen LogP contribution in [0.15, 0.2) is 29.3 Å². The number of rotatable bonds is 3. The average Bonchev–Trinajstić information content (AvgIpc) is 3.45. The number of fused-ring (bicyclic) bond motifs is 2. The molecule has 188 valence electrons. The third-order valence-electron chi connectivity index (χ3n) is 6.45. The Labute approximate surface area is 212 Å². The Bertz CT molecular complexity index is 1540. The smallest absolute Gasteiger partial charge is 0.410 e. The number of ether oxygens (including phenoxy) is 1. The van der Waals surface area contributed by atoms with Crippen molar-refractivity contribution >= 4 is 33.0 Å². The number of aromatic nitrogens is 5. The number of amides is 1. The van der Waals surface area contributed by atoms with Crippen LogP contribution in [-0.4, -0.2) is 66.8 Å². The van der Waals surface area contributed by atoms with Crippen LogP contribution in [0.25, 0.3) is 22.0 Å². The lowest BCUT2D eigenvalue weighted by atomic mass is 10.1. The summed E-state index contributed by atoms with van der Waals surface area (Å²) < 4.78 is 8.90. The second-order valence-corrected chi connectivity index (χ2v) is 11.6. The maximum atomic E-state index is 13.0. The van der Waals surface area contributed by atoms with Gasteiger partial charge < -0.3 is 14.5 Å². The van der Waals surface area contributed by atoms with Crippen molar-refractivity contribution in [3.63, 3.8) is 0 Å². The van der Waals surface area contributed by atoms with E-state index < -0.39 is 5.60 Å². The van der Waals surface area contributed by atoms with E-state index in [1.165, 1.54) is 16.9 Å². The summed E-state index contributed by atoms with van der Waals surface area (Å²) in [5, 5.41) is 5.67. The molecule has 1 aliphatic heterocycles. The normalized spacial score (nSPS) is 16.8. The van der Waals surface area contributed by atoms with E-state index in [-0.39, 0.29) is 11.7 Å². The van der Waals surface area contributed by atoms with Gasteiger partial charge in [-0.25, -0.2) is 19.3 Å². The highest BCUT2D eigenvalue weighted by atomic mass is 32.1. The molecule has 0 N–H and O–H groups in total. The van der Waals surface area contributed by atoms with Crippen LogP contribution in [0.2, 0.25) is 0 Å². The van der Waals surface area contributed by atoms with Crippen LogP contribution in [0.5, 0.6) is 0 Å². The van der Waals surface area contributed by atoms with Crippen molar-refractivity contribution in [2.24, 2.45) is 0 Å². The first-order valence-corrected chi connectivity index (χ1v) is 13.1. The van der Waals surface area contributed by atoms with Crippen molar-refractivity contribution in [1.29, 1.82) is 0 Å². The van der Waals surface area contributed by atoms with Gasteiger partial charge in [-0.2, -0.15) is 5.10 Å². The van der Waals surface area contributed by atoms with Gasteiger partial charge in [0.2, 0.25) is 0 Å². The van der Waals surface area contributed by atoms with Crippen molar-refractivity contribution in [3.8, 4) is 11.4 Å². The average molecular weight is 508 g/mol. The monoisotopic (exact) mass is 507 g/mol. The van der Waals surface area contributed by atoms with Crippen molar-refractivity contribution in [1.82, 2.24) is 28.9 Å². The van der Waals surface area contributed by atoms with Crippen molar-refractivity contribution in [2.45, 2.75) is 52.1 Å². The molecule has 2 aliphatic rings. The molecule has 0 radical (unpaired) electrons. The molecule has 4 aromatic rings. The molecule has 10 nitrogen and oxygen atoms in total. The second-order valence-electron chi connectivity index (χ2n) is 10.6. The largest absolute Gasteiger partial charge is 0.444 e. The van der Waals surface area contributed by atoms with Crippen LogP contribution in [0.4, 0.5) is 9.80 Å². The van der Waals surface area contributed by atoms with Gasteiger partial charge in [0, 0.05) is 44.0 Å². The number of carbonyl (C=O) groups is 1. The highest BCUT2D eigenvalue weighted by Gasteiger charge is 2.29. The highest BCUT2D eigenvalue weighted by molar-refractivity contribution is 7.20. The van der Waals surface area contributed by atoms with Crippen LogP contribution in [-0.2, 0) is 4.74 Å². The molecule has 0 aromatic carbocycles. The molecule has 11 heteroatoms. The number of hydrogen-bond donors (Lipinski definition) is 0. The molecule has 1 saturated heterocycles. The Hall–Kier alpha value is -3.47. The topological polar surface area (TPSA) is 97.3 Å². The third kappa shape index (κ3) is 4.32. The minimum absolute atomic E-state index is 0.137. The fourth-order valence-electron chi connectivity index (χ4n) is 4.54. The summed E-state index contributed by atoms with van der Waals surface area (Å²) in [4.78, 5) is 39.4. The zero-order valence-electron chi connectivity index (χ0n) is 20.9. The van der Waals surface area contributed by atoms with Gasteiger partial charge in [-0.15, -0.1) is 0 Å². The molecular weight excluding hydrogens is 478 g/mol. The SMILES string of the molecule is Cc1cn2nc(-c3cc(=O)n4cc(N5CCN(C(=O)OC(C)(C)C)CC5)sc4n3)cc(C3CC3)c2n1. The Morgan fingerprint density at radius 2 is 1.81 bits per heavy atom. The van der Waals surface area contributed by atoms with Gasteiger partial charge in [-0.3, -0.25) is 9.20 Å². The molecule has 1 amide bonds. The summed E-state index contributed by atoms with van der Waals surface area (Å²) in [6, 6.07) is 3.60. The highest BCUT2D eigenvalue weighted by Crippen LogP contribution is 2.42. The number of nitrogens with zero attached hydrogens (tertiary/aromatic N) is 7. The maximum absolute atomic E-state index is 13.0. The summed E-state index contributed by atoms with van der Waals surface area (Å²) in [6.45, 7) is 10.0. The van der Waals surface area contributed by atoms with Gasteiger partial charge in [-0.1, -0.05) is 11.3 Å². The Morgan fingerprint density at radius 1 is 1.06 bits per heavy atom. The fourth-order valence-corrected chi connectivity index (χ4v) is 5.58. The summed E-state index contributed by atoms with van der Waals surface area (Å²) in [5.74, 6) is 0.494. The first kappa shape index (κ1) is 23.0. The van der Waals surface area contributed by atoms with Crippen LogP contribution >= 0.6 is 11.3 Å². The minimum Gasteiger partial charge on any atom is -0.444 e. The predicted molar refractivity (Wildman–Crippen MR) is 138 cm³/mol. The maximum Gasteiger partial charge on any atom is 0.410 e. The first-order valence-electron chi connectivity index (χ1n) is 12.3. The minimum atomic E-state index is -0.514. The van der Waals surface area contributed by atoms with E-state index >= 15 is 0 Å². The molecule has 2 fully saturated rings. The van der Waals surface area contributed by atoms with E-state index in [9.17, 15) is 9.59 Å². The van der Waals surface area contributed by atoms with E-state index in [1.807, 2.05) is 50.7 Å². The molecule has 4 aromatic heterocycles. The van der Waals surface area contributed by atoms with E-state index in [0.717, 1.165) is 29.2 Å². The number of aryl methyl sites for hydroxylation is 1. The van der Waals surface area contributed by atoms with Gasteiger partial charge in [-0.05, 0) is 52.5 Å². The van der Waals surface area contributed by atoms with Crippen molar-refractivity contribution in [3.05, 3.63) is 46.1 Å². The predicted octanol–water partition coefficient (Wildman–Crippen LogP) is 3.71. The lowest BCUT2D eigenvalue weighted by molar-refractivity contribution is 0.0241. The molecule has 6 rings (SSSR count). The zero-order chi connectivity index (χ0) is 25.2.